The lowest BCUT2D eigenvalue weighted by Crippen LogP contribution is -2.54. The number of Topliss-reactive ketones (excluding diaryl/α,β-unsaturated/α-hetero) is 3. The minimum absolute atomic E-state index is 0.000204. The second kappa shape index (κ2) is 21.8. The van der Waals surface area contributed by atoms with Crippen LogP contribution in [0.25, 0.3) is 0 Å². The third-order valence-electron chi connectivity index (χ3n) is 11.6. The molecule has 300 valence electrons. The molecule has 53 heavy (non-hydrogen) atoms. The van der Waals surface area contributed by atoms with Gasteiger partial charge in [0, 0.05) is 71.6 Å². The maximum Gasteiger partial charge on any atom is 0.226 e. The molecule has 0 unspecified atom stereocenters. The van der Waals surface area contributed by atoms with Gasteiger partial charge in [0.1, 0.15) is 5.78 Å². The zero-order chi connectivity index (χ0) is 40.2. The molecule has 1 aromatic rings. The standard InChI is InChI=1S/C42H69N3O8/c1-14-27(6)40(44(10)42(50)32(25(2)3)22-36(48)39(43-9)26(4)5)37(52-12)23-38(49)45-24-30(51-11)21-33(45)41(53-13)29(8)34(46)19-20-35(47)31-18-16-15-17-28(31)7/h15-18,25-27,29-30,32-33,37,39-41,43H,14,19-24H2,1-13H3/t27-,29-,30+,32-,33-,37+,39-,40-,41+/m0/s1. The molecule has 9 atom stereocenters. The molecule has 1 aliphatic heterocycles. The van der Waals surface area contributed by atoms with Crippen molar-refractivity contribution in [3.05, 3.63) is 35.4 Å². The van der Waals surface area contributed by atoms with Crippen LogP contribution in [-0.4, -0.2) is 117 Å². The number of ether oxygens (including phenoxy) is 3. The lowest BCUT2D eigenvalue weighted by molar-refractivity contribution is -0.149. The molecule has 2 rings (SSSR count). The number of likely N-dealkylation sites (N-methyl/N-ethyl adjacent to an activating group) is 2. The number of aryl methyl sites for hydroxylation is 1. The average molecular weight is 744 g/mol. The van der Waals surface area contributed by atoms with Gasteiger partial charge in [-0.1, -0.05) is 79.2 Å². The predicted octanol–water partition coefficient (Wildman–Crippen LogP) is 5.55. The second-order valence-electron chi connectivity index (χ2n) is 15.7. The maximum absolute atomic E-state index is 14.3. The van der Waals surface area contributed by atoms with Crippen LogP contribution in [0.4, 0.5) is 0 Å². The highest BCUT2D eigenvalue weighted by atomic mass is 16.5. The summed E-state index contributed by atoms with van der Waals surface area (Å²) in [4.78, 5) is 71.8. The molecule has 0 spiro atoms. The number of nitrogens with zero attached hydrogens (tertiary/aromatic N) is 2. The van der Waals surface area contributed by atoms with E-state index in [0.717, 1.165) is 12.0 Å². The Labute approximate surface area is 319 Å². The quantitative estimate of drug-likeness (QED) is 0.144. The Morgan fingerprint density at radius 3 is 2.06 bits per heavy atom. The van der Waals surface area contributed by atoms with E-state index in [0.29, 0.717) is 18.5 Å². The van der Waals surface area contributed by atoms with Crippen LogP contribution in [0, 0.1) is 36.5 Å². The fraction of sp³-hybridized carbons (Fsp3) is 0.738. The number of likely N-dealkylation sites (tertiary alicyclic amines) is 1. The van der Waals surface area contributed by atoms with Gasteiger partial charge in [-0.25, -0.2) is 0 Å². The number of ketones is 3. The minimum atomic E-state index is -0.634. The van der Waals surface area contributed by atoms with Crippen LogP contribution >= 0.6 is 0 Å². The molecule has 0 bridgehead atoms. The van der Waals surface area contributed by atoms with E-state index in [1.54, 1.807) is 58.2 Å². The van der Waals surface area contributed by atoms with Gasteiger partial charge in [0.05, 0.1) is 42.9 Å². The van der Waals surface area contributed by atoms with Crippen LogP contribution < -0.4 is 5.32 Å². The zero-order valence-electron chi connectivity index (χ0n) is 34.8. The number of benzene rings is 1. The summed E-state index contributed by atoms with van der Waals surface area (Å²) < 4.78 is 17.7. The third kappa shape index (κ3) is 12.0. The highest BCUT2D eigenvalue weighted by molar-refractivity contribution is 5.99. The van der Waals surface area contributed by atoms with Gasteiger partial charge >= 0.3 is 0 Å². The Morgan fingerprint density at radius 2 is 1.55 bits per heavy atom. The van der Waals surface area contributed by atoms with Gasteiger partial charge in [-0.2, -0.15) is 0 Å². The van der Waals surface area contributed by atoms with Crippen molar-refractivity contribution in [2.24, 2.45) is 29.6 Å². The van der Waals surface area contributed by atoms with E-state index in [2.05, 4.69) is 5.32 Å². The van der Waals surface area contributed by atoms with Crippen LogP contribution in [0.1, 0.15) is 103 Å². The van der Waals surface area contributed by atoms with E-state index >= 15 is 0 Å². The van der Waals surface area contributed by atoms with Gasteiger partial charge in [0.25, 0.3) is 0 Å². The Balaban J connectivity index is 2.30. The molecular formula is C42H69N3O8. The first kappa shape index (κ1) is 46.2. The lowest BCUT2D eigenvalue weighted by atomic mass is 9.84. The number of amides is 2. The minimum Gasteiger partial charge on any atom is -0.380 e. The maximum atomic E-state index is 14.3. The fourth-order valence-corrected chi connectivity index (χ4v) is 8.06. The number of carbonyl (C=O) groups excluding carboxylic acids is 5. The van der Waals surface area contributed by atoms with Crippen molar-refractivity contribution in [3.8, 4) is 0 Å². The fourth-order valence-electron chi connectivity index (χ4n) is 8.06. The summed E-state index contributed by atoms with van der Waals surface area (Å²) in [6.07, 6.45) is 0.0126. The normalized spacial score (nSPS) is 20.1. The van der Waals surface area contributed by atoms with Crippen molar-refractivity contribution in [2.45, 2.75) is 130 Å². The predicted molar refractivity (Wildman–Crippen MR) is 208 cm³/mol. The smallest absolute Gasteiger partial charge is 0.226 e. The van der Waals surface area contributed by atoms with E-state index in [1.165, 1.54) is 0 Å². The SMILES string of the molecule is CC[C@H](C)[C@@H]([C@@H](CC(=O)N1C[C@H](OC)C[C@H]1[C@H](OC)[C@@H](C)C(=O)CCC(=O)c1ccccc1C)OC)N(C)C(=O)[C@@H](CC(=O)[C@@H](NC)C(C)C)C(C)C. The van der Waals surface area contributed by atoms with Gasteiger partial charge in [-0.15, -0.1) is 0 Å². The molecule has 1 saturated heterocycles. The Bertz CT molecular complexity index is 1370. The molecule has 11 nitrogen and oxygen atoms in total. The van der Waals surface area contributed by atoms with Gasteiger partial charge < -0.3 is 29.3 Å². The summed E-state index contributed by atoms with van der Waals surface area (Å²) >= 11 is 0. The second-order valence-corrected chi connectivity index (χ2v) is 15.7. The molecule has 1 fully saturated rings. The van der Waals surface area contributed by atoms with Crippen molar-refractivity contribution in [2.75, 3.05) is 42.0 Å². The lowest BCUT2D eigenvalue weighted by Gasteiger charge is -2.41. The molecule has 1 aromatic carbocycles. The van der Waals surface area contributed by atoms with E-state index in [4.69, 9.17) is 14.2 Å². The van der Waals surface area contributed by atoms with Gasteiger partial charge in [-0.05, 0) is 43.7 Å². The van der Waals surface area contributed by atoms with Crippen LogP contribution in [0.2, 0.25) is 0 Å². The number of methoxy groups -OCH3 is 3. The van der Waals surface area contributed by atoms with Crippen LogP contribution in [0.5, 0.6) is 0 Å². The highest BCUT2D eigenvalue weighted by Gasteiger charge is 2.45. The monoisotopic (exact) mass is 744 g/mol. The summed E-state index contributed by atoms with van der Waals surface area (Å²) in [5.41, 5.74) is 1.49. The number of rotatable bonds is 23. The first-order chi connectivity index (χ1) is 25.0. The number of hydrogen-bond donors (Lipinski definition) is 1. The molecule has 11 heteroatoms. The van der Waals surface area contributed by atoms with Crippen molar-refractivity contribution >= 4 is 29.2 Å². The summed E-state index contributed by atoms with van der Waals surface area (Å²) in [5, 5.41) is 3.11. The average Bonchev–Trinajstić information content (AvgIpc) is 3.56. The molecule has 0 aliphatic carbocycles. The number of nitrogens with one attached hydrogen (secondary N) is 1. The van der Waals surface area contributed by atoms with Crippen molar-refractivity contribution in [1.82, 2.24) is 15.1 Å². The number of carbonyl (C=O) groups is 5. The van der Waals surface area contributed by atoms with Gasteiger partial charge in [0.15, 0.2) is 11.6 Å². The molecule has 1 aliphatic rings. The molecule has 1 heterocycles. The topological polar surface area (TPSA) is 132 Å². The van der Waals surface area contributed by atoms with Crippen molar-refractivity contribution < 1.29 is 38.2 Å². The zero-order valence-corrected chi connectivity index (χ0v) is 34.8. The first-order valence-corrected chi connectivity index (χ1v) is 19.4. The van der Waals surface area contributed by atoms with E-state index in [1.807, 2.05) is 66.7 Å². The summed E-state index contributed by atoms with van der Waals surface area (Å²) in [6, 6.07) is 6.12. The molecule has 0 radical (unpaired) electrons. The van der Waals surface area contributed by atoms with Crippen LogP contribution in [0.3, 0.4) is 0 Å². The molecule has 2 amide bonds. The van der Waals surface area contributed by atoms with E-state index in [-0.39, 0.29) is 84.7 Å². The highest BCUT2D eigenvalue weighted by Crippen LogP contribution is 2.32. The van der Waals surface area contributed by atoms with Crippen LogP contribution in [-0.2, 0) is 33.4 Å². The summed E-state index contributed by atoms with van der Waals surface area (Å²) in [7, 11) is 8.24. The number of hydrogen-bond acceptors (Lipinski definition) is 9. The Morgan fingerprint density at radius 1 is 0.906 bits per heavy atom. The molecular weight excluding hydrogens is 674 g/mol. The van der Waals surface area contributed by atoms with Crippen molar-refractivity contribution in [3.63, 3.8) is 0 Å². The van der Waals surface area contributed by atoms with Gasteiger partial charge in [-0.3, -0.25) is 24.0 Å². The third-order valence-corrected chi connectivity index (χ3v) is 11.6. The van der Waals surface area contributed by atoms with Gasteiger partial charge in [0.2, 0.25) is 11.8 Å². The first-order valence-electron chi connectivity index (χ1n) is 19.4. The van der Waals surface area contributed by atoms with E-state index in [9.17, 15) is 24.0 Å². The largest absolute Gasteiger partial charge is 0.380 e. The van der Waals surface area contributed by atoms with Crippen LogP contribution in [0.15, 0.2) is 24.3 Å². The van der Waals surface area contributed by atoms with E-state index < -0.39 is 36.1 Å². The van der Waals surface area contributed by atoms with Crippen molar-refractivity contribution in [1.29, 1.82) is 0 Å². The molecule has 1 N–H and O–H groups in total. The Kier molecular flexibility index (Phi) is 19.0. The summed E-state index contributed by atoms with van der Waals surface area (Å²) in [6.45, 7) is 16.0. The molecule has 0 aromatic heterocycles. The summed E-state index contributed by atoms with van der Waals surface area (Å²) in [5.74, 6) is -1.61. The molecule has 0 saturated carbocycles. The Hall–Kier alpha value is -2.99.